The fourth-order valence-corrected chi connectivity index (χ4v) is 4.62. The molecule has 1 aromatic rings. The molecule has 6 N–H and O–H groups in total. The Labute approximate surface area is 198 Å². The molecule has 0 fully saturated rings. The van der Waals surface area contributed by atoms with Gasteiger partial charge >= 0.3 is 5.97 Å². The predicted octanol–water partition coefficient (Wildman–Crippen LogP) is -0.571. The quantitative estimate of drug-likeness (QED) is 0.197. The van der Waals surface area contributed by atoms with Crippen LogP contribution in [0.4, 0.5) is 0 Å². The number of sulfonamides is 1. The zero-order valence-electron chi connectivity index (χ0n) is 18.6. The lowest BCUT2D eigenvalue weighted by molar-refractivity contribution is -0.138. The highest BCUT2D eigenvalue weighted by atomic mass is 32.2. The third kappa shape index (κ3) is 8.09. The number of nitrogens with zero attached hydrogens (tertiary/aromatic N) is 1. The van der Waals surface area contributed by atoms with Gasteiger partial charge in [-0.2, -0.15) is 4.72 Å². The molecule has 0 spiro atoms. The summed E-state index contributed by atoms with van der Waals surface area (Å²) in [6, 6.07) is 5.90. The van der Waals surface area contributed by atoms with Crippen LogP contribution in [0, 0.1) is 0 Å². The molecule has 0 saturated heterocycles. The maximum Gasteiger partial charge on any atom is 0.323 e. The van der Waals surface area contributed by atoms with E-state index in [2.05, 4.69) is 31.1 Å². The SMILES string of the molecule is O=C(CC1CC(CCCNC2NC=CCN2)=NO1)NCC(NS(=O)(=O)c1ccccc1)C(=O)O. The fraction of sp³-hybridized carbons (Fsp3) is 0.476. The van der Waals surface area contributed by atoms with E-state index >= 15 is 0 Å². The summed E-state index contributed by atoms with van der Waals surface area (Å²) in [6.45, 7) is 1.18. The first-order valence-electron chi connectivity index (χ1n) is 11.0. The van der Waals surface area contributed by atoms with Gasteiger partial charge in [0, 0.05) is 19.5 Å². The van der Waals surface area contributed by atoms with Crippen molar-refractivity contribution in [3.63, 3.8) is 0 Å². The number of hydrogen-bond acceptors (Lipinski definition) is 9. The van der Waals surface area contributed by atoms with Crippen LogP contribution in [0.15, 0.2) is 52.7 Å². The Bertz CT molecular complexity index is 1000. The smallest absolute Gasteiger partial charge is 0.323 e. The maximum atomic E-state index is 12.4. The van der Waals surface area contributed by atoms with Crippen LogP contribution in [0.25, 0.3) is 0 Å². The molecule has 13 heteroatoms. The summed E-state index contributed by atoms with van der Waals surface area (Å²) in [4.78, 5) is 29.0. The molecule has 2 heterocycles. The summed E-state index contributed by atoms with van der Waals surface area (Å²) in [5.74, 6) is -1.85. The van der Waals surface area contributed by atoms with E-state index in [-0.39, 0.29) is 17.6 Å². The van der Waals surface area contributed by atoms with Crippen LogP contribution in [0.5, 0.6) is 0 Å². The van der Waals surface area contributed by atoms with Gasteiger partial charge < -0.3 is 20.6 Å². The fourth-order valence-electron chi connectivity index (χ4n) is 3.41. The van der Waals surface area contributed by atoms with Gasteiger partial charge in [-0.1, -0.05) is 29.4 Å². The lowest BCUT2D eigenvalue weighted by atomic mass is 10.1. The number of rotatable bonds is 13. The average molecular weight is 495 g/mol. The summed E-state index contributed by atoms with van der Waals surface area (Å²) >= 11 is 0. The third-order valence-electron chi connectivity index (χ3n) is 5.17. The number of carbonyl (C=O) groups excluding carboxylic acids is 1. The summed E-state index contributed by atoms with van der Waals surface area (Å²) in [5, 5.41) is 25.6. The minimum Gasteiger partial charge on any atom is -0.480 e. The lowest BCUT2D eigenvalue weighted by Crippen LogP contribution is -2.53. The van der Waals surface area contributed by atoms with E-state index in [0.717, 1.165) is 31.6 Å². The number of aliphatic carboxylic acids is 1. The van der Waals surface area contributed by atoms with E-state index in [1.165, 1.54) is 24.3 Å². The van der Waals surface area contributed by atoms with E-state index in [1.54, 1.807) is 6.07 Å². The Morgan fingerprint density at radius 2 is 2.06 bits per heavy atom. The van der Waals surface area contributed by atoms with Gasteiger partial charge in [0.05, 0.1) is 17.0 Å². The molecule has 12 nitrogen and oxygen atoms in total. The molecule has 0 aromatic heterocycles. The molecule has 0 aliphatic carbocycles. The van der Waals surface area contributed by atoms with Crippen LogP contribution >= 0.6 is 0 Å². The average Bonchev–Trinajstić information content (AvgIpc) is 3.27. The number of nitrogens with one attached hydrogen (secondary N) is 5. The van der Waals surface area contributed by atoms with Crippen molar-refractivity contribution in [2.75, 3.05) is 19.6 Å². The predicted molar refractivity (Wildman–Crippen MR) is 124 cm³/mol. The van der Waals surface area contributed by atoms with Gasteiger partial charge in [0.1, 0.15) is 18.4 Å². The van der Waals surface area contributed by atoms with Gasteiger partial charge in [0.25, 0.3) is 0 Å². The van der Waals surface area contributed by atoms with E-state index in [9.17, 15) is 23.1 Å². The Morgan fingerprint density at radius 1 is 1.26 bits per heavy atom. The summed E-state index contributed by atoms with van der Waals surface area (Å²) < 4.78 is 26.8. The van der Waals surface area contributed by atoms with Crippen LogP contribution in [-0.2, 0) is 24.4 Å². The molecule has 3 unspecified atom stereocenters. The topological polar surface area (TPSA) is 170 Å². The standard InChI is InChI=1S/C21H30N6O6S/c28-19(25-14-18(20(29)30)27-34(31,32)17-7-2-1-3-8-17)13-16-12-15(26-33-16)6-4-9-22-21-23-10-5-11-24-21/h1-3,5,7-8,10,16,18,21-24,27H,4,6,9,11-14H2,(H,25,28)(H,29,30). The Balaban J connectivity index is 1.35. The first-order valence-corrected chi connectivity index (χ1v) is 12.5. The molecule has 1 amide bonds. The Hall–Kier alpha value is -3.00. The molecular weight excluding hydrogens is 464 g/mol. The Kier molecular flexibility index (Phi) is 9.39. The second-order valence-corrected chi connectivity index (χ2v) is 9.60. The van der Waals surface area contributed by atoms with Gasteiger partial charge in [-0.15, -0.1) is 0 Å². The van der Waals surface area contributed by atoms with Gasteiger partial charge in [-0.05, 0) is 37.7 Å². The highest BCUT2D eigenvalue weighted by Crippen LogP contribution is 2.16. The largest absolute Gasteiger partial charge is 0.480 e. The van der Waals surface area contributed by atoms with Crippen molar-refractivity contribution in [2.45, 2.75) is 49.0 Å². The summed E-state index contributed by atoms with van der Waals surface area (Å²) in [6.07, 6.45) is 5.58. The zero-order chi connectivity index (χ0) is 24.4. The van der Waals surface area contributed by atoms with Crippen molar-refractivity contribution in [2.24, 2.45) is 5.16 Å². The second kappa shape index (κ2) is 12.5. The van der Waals surface area contributed by atoms with Crippen LogP contribution in [0.2, 0.25) is 0 Å². The molecule has 0 saturated carbocycles. The van der Waals surface area contributed by atoms with Crippen molar-refractivity contribution in [3.05, 3.63) is 42.6 Å². The number of carboxylic acid groups (broad SMARTS) is 1. The van der Waals surface area contributed by atoms with Gasteiger partial charge in [-0.25, -0.2) is 8.42 Å². The molecular formula is C21H30N6O6S. The van der Waals surface area contributed by atoms with E-state index in [4.69, 9.17) is 4.84 Å². The third-order valence-corrected chi connectivity index (χ3v) is 6.66. The summed E-state index contributed by atoms with van der Waals surface area (Å²) in [5.41, 5.74) is 0.864. The number of oxime groups is 1. The Morgan fingerprint density at radius 3 is 2.76 bits per heavy atom. The van der Waals surface area contributed by atoms with Crippen molar-refractivity contribution >= 4 is 27.6 Å². The summed E-state index contributed by atoms with van der Waals surface area (Å²) in [7, 11) is -4.04. The second-order valence-electron chi connectivity index (χ2n) is 7.89. The number of benzene rings is 1. The van der Waals surface area contributed by atoms with Crippen LogP contribution in [-0.4, -0.2) is 69.2 Å². The number of carboxylic acids is 1. The minimum absolute atomic E-state index is 0.00866. The molecule has 3 rings (SSSR count). The molecule has 186 valence electrons. The lowest BCUT2D eigenvalue weighted by Gasteiger charge is -2.22. The van der Waals surface area contributed by atoms with E-state index in [0.29, 0.717) is 6.42 Å². The maximum absolute atomic E-state index is 12.4. The molecule has 0 radical (unpaired) electrons. The van der Waals surface area contributed by atoms with E-state index < -0.39 is 40.6 Å². The highest BCUT2D eigenvalue weighted by Gasteiger charge is 2.27. The molecule has 0 bridgehead atoms. The van der Waals surface area contributed by atoms with Gasteiger partial charge in [0.2, 0.25) is 15.9 Å². The molecule has 34 heavy (non-hydrogen) atoms. The monoisotopic (exact) mass is 494 g/mol. The van der Waals surface area contributed by atoms with Crippen LogP contribution in [0.3, 0.4) is 0 Å². The molecule has 2 aliphatic heterocycles. The number of amides is 1. The van der Waals surface area contributed by atoms with Crippen molar-refractivity contribution < 1.29 is 28.0 Å². The first-order chi connectivity index (χ1) is 16.3. The number of hydrogen-bond donors (Lipinski definition) is 6. The normalized spacial score (nSPS) is 20.6. The first kappa shape index (κ1) is 25.6. The van der Waals surface area contributed by atoms with Crippen molar-refractivity contribution in [1.29, 1.82) is 0 Å². The van der Waals surface area contributed by atoms with Gasteiger partial charge in [-0.3, -0.25) is 20.2 Å². The minimum atomic E-state index is -4.04. The van der Waals surface area contributed by atoms with Crippen molar-refractivity contribution in [3.8, 4) is 0 Å². The molecule has 1 aromatic carbocycles. The van der Waals surface area contributed by atoms with Crippen molar-refractivity contribution in [1.82, 2.24) is 26.0 Å². The number of carbonyl (C=O) groups is 2. The van der Waals surface area contributed by atoms with Gasteiger partial charge in [0.15, 0.2) is 0 Å². The molecule has 2 aliphatic rings. The van der Waals surface area contributed by atoms with E-state index in [1.807, 2.05) is 12.3 Å². The molecule has 3 atom stereocenters. The van der Waals surface area contributed by atoms with Crippen LogP contribution < -0.4 is 26.0 Å². The van der Waals surface area contributed by atoms with Crippen LogP contribution in [0.1, 0.15) is 25.7 Å². The highest BCUT2D eigenvalue weighted by molar-refractivity contribution is 7.89. The zero-order valence-corrected chi connectivity index (χ0v) is 19.4.